The molecular weight excluding hydrogens is 268 g/mol. The predicted octanol–water partition coefficient (Wildman–Crippen LogP) is 2.42. The number of ether oxygens (including phenoxy) is 1. The van der Waals surface area contributed by atoms with Gasteiger partial charge in [-0.1, -0.05) is 25.3 Å². The van der Waals surface area contributed by atoms with Gasteiger partial charge in [-0.05, 0) is 31.9 Å². The Kier molecular flexibility index (Phi) is 5.72. The van der Waals surface area contributed by atoms with Crippen LogP contribution in [0.3, 0.4) is 0 Å². The highest BCUT2D eigenvalue weighted by atomic mass is 16.5. The third-order valence-corrected chi connectivity index (χ3v) is 3.77. The second-order valence-corrected chi connectivity index (χ2v) is 5.24. The van der Waals surface area contributed by atoms with E-state index in [1.807, 2.05) is 0 Å². The van der Waals surface area contributed by atoms with Crippen molar-refractivity contribution in [2.75, 3.05) is 13.2 Å². The predicted molar refractivity (Wildman–Crippen MR) is 78.8 cm³/mol. The van der Waals surface area contributed by atoms with Gasteiger partial charge in [-0.15, -0.1) is 0 Å². The van der Waals surface area contributed by atoms with Gasteiger partial charge in [-0.25, -0.2) is 0 Å². The zero-order valence-corrected chi connectivity index (χ0v) is 12.5. The van der Waals surface area contributed by atoms with Gasteiger partial charge < -0.3 is 9.64 Å². The molecule has 1 fully saturated rings. The van der Waals surface area contributed by atoms with Crippen molar-refractivity contribution < 1.29 is 14.3 Å². The summed E-state index contributed by atoms with van der Waals surface area (Å²) in [6, 6.07) is 5.35. The monoisotopic (exact) mass is 290 g/mol. The lowest BCUT2D eigenvalue weighted by molar-refractivity contribution is -0.144. The summed E-state index contributed by atoms with van der Waals surface area (Å²) in [4.78, 5) is 30.2. The van der Waals surface area contributed by atoms with Crippen LogP contribution in [0.25, 0.3) is 0 Å². The van der Waals surface area contributed by atoms with Crippen molar-refractivity contribution >= 4 is 11.9 Å². The van der Waals surface area contributed by atoms with E-state index in [2.05, 4.69) is 4.98 Å². The molecule has 0 bridgehead atoms. The topological polar surface area (TPSA) is 59.5 Å². The molecule has 2 rings (SSSR count). The van der Waals surface area contributed by atoms with Crippen LogP contribution in [0.15, 0.2) is 24.4 Å². The molecule has 1 heterocycles. The summed E-state index contributed by atoms with van der Waals surface area (Å²) in [7, 11) is 0. The first-order chi connectivity index (χ1) is 10.2. The highest BCUT2D eigenvalue weighted by molar-refractivity contribution is 5.94. The van der Waals surface area contributed by atoms with Crippen LogP contribution in [0.1, 0.15) is 49.5 Å². The third kappa shape index (κ3) is 4.28. The average Bonchev–Trinajstić information content (AvgIpc) is 2.54. The highest BCUT2D eigenvalue weighted by Gasteiger charge is 2.29. The summed E-state index contributed by atoms with van der Waals surface area (Å²) >= 11 is 0. The lowest BCUT2D eigenvalue weighted by Crippen LogP contribution is -2.45. The van der Waals surface area contributed by atoms with Crippen molar-refractivity contribution in [3.63, 3.8) is 0 Å². The zero-order chi connectivity index (χ0) is 15.1. The van der Waals surface area contributed by atoms with E-state index in [0.717, 1.165) is 25.7 Å². The molecule has 0 saturated heterocycles. The van der Waals surface area contributed by atoms with Gasteiger partial charge in [-0.2, -0.15) is 0 Å². The number of carbonyl (C=O) groups excluding carboxylic acids is 2. The van der Waals surface area contributed by atoms with Crippen molar-refractivity contribution in [1.82, 2.24) is 9.88 Å². The highest BCUT2D eigenvalue weighted by Crippen LogP contribution is 2.23. The van der Waals surface area contributed by atoms with Crippen LogP contribution in [-0.4, -0.2) is 41.0 Å². The number of carbonyl (C=O) groups is 2. The number of esters is 1. The number of aromatic nitrogens is 1. The molecule has 1 aliphatic rings. The molecule has 1 amide bonds. The fourth-order valence-electron chi connectivity index (χ4n) is 2.74. The minimum Gasteiger partial charge on any atom is -0.465 e. The molecule has 0 atom stereocenters. The number of hydrogen-bond acceptors (Lipinski definition) is 4. The third-order valence-electron chi connectivity index (χ3n) is 3.77. The SMILES string of the molecule is CCOC(=O)CN(C(=O)c1ccccn1)C1CCCCC1. The zero-order valence-electron chi connectivity index (χ0n) is 12.5. The van der Waals surface area contributed by atoms with E-state index in [9.17, 15) is 9.59 Å². The molecule has 1 aromatic heterocycles. The van der Waals surface area contributed by atoms with Crippen LogP contribution in [0.4, 0.5) is 0 Å². The van der Waals surface area contributed by atoms with Gasteiger partial charge >= 0.3 is 5.97 Å². The second kappa shape index (κ2) is 7.76. The fourth-order valence-corrected chi connectivity index (χ4v) is 2.74. The van der Waals surface area contributed by atoms with E-state index < -0.39 is 0 Å². The van der Waals surface area contributed by atoms with Gasteiger partial charge in [0.05, 0.1) is 6.61 Å². The summed E-state index contributed by atoms with van der Waals surface area (Å²) in [6.45, 7) is 2.10. The molecule has 1 aromatic rings. The Balaban J connectivity index is 2.14. The van der Waals surface area contributed by atoms with Gasteiger partial charge in [-0.3, -0.25) is 14.6 Å². The summed E-state index contributed by atoms with van der Waals surface area (Å²) in [6.07, 6.45) is 6.87. The molecule has 21 heavy (non-hydrogen) atoms. The number of pyridine rings is 1. The standard InChI is InChI=1S/C16H22N2O3/c1-2-21-15(19)12-18(13-8-4-3-5-9-13)16(20)14-10-6-7-11-17-14/h6-7,10-11,13H,2-5,8-9,12H2,1H3. The Morgan fingerprint density at radius 2 is 2.05 bits per heavy atom. The van der Waals surface area contributed by atoms with Crippen molar-refractivity contribution in [2.45, 2.75) is 45.1 Å². The molecular formula is C16H22N2O3. The lowest BCUT2D eigenvalue weighted by Gasteiger charge is -2.33. The first-order valence-corrected chi connectivity index (χ1v) is 7.60. The quantitative estimate of drug-likeness (QED) is 0.781. The molecule has 5 heteroatoms. The summed E-state index contributed by atoms with van der Waals surface area (Å²) in [5.74, 6) is -0.539. The molecule has 0 aromatic carbocycles. The number of nitrogens with zero attached hydrogens (tertiary/aromatic N) is 2. The maximum absolute atomic E-state index is 12.6. The van der Waals surface area contributed by atoms with Crippen molar-refractivity contribution in [3.05, 3.63) is 30.1 Å². The van der Waals surface area contributed by atoms with Crippen LogP contribution < -0.4 is 0 Å². The second-order valence-electron chi connectivity index (χ2n) is 5.24. The summed E-state index contributed by atoms with van der Waals surface area (Å²) < 4.78 is 5.00. The molecule has 0 aliphatic heterocycles. The summed E-state index contributed by atoms with van der Waals surface area (Å²) in [5.41, 5.74) is 0.382. The van der Waals surface area contributed by atoms with Crippen LogP contribution >= 0.6 is 0 Å². The van der Waals surface area contributed by atoms with Gasteiger partial charge in [0.25, 0.3) is 5.91 Å². The number of hydrogen-bond donors (Lipinski definition) is 0. The average molecular weight is 290 g/mol. The van der Waals surface area contributed by atoms with Crippen molar-refractivity contribution in [3.8, 4) is 0 Å². The fraction of sp³-hybridized carbons (Fsp3) is 0.562. The van der Waals surface area contributed by atoms with Crippen LogP contribution in [0.5, 0.6) is 0 Å². The molecule has 0 unspecified atom stereocenters. The Morgan fingerprint density at radius 1 is 1.29 bits per heavy atom. The normalized spacial score (nSPS) is 15.5. The Bertz CT molecular complexity index is 470. The van der Waals surface area contributed by atoms with Crippen LogP contribution in [0, 0.1) is 0 Å². The molecule has 0 spiro atoms. The minimum absolute atomic E-state index is 0.00785. The number of amides is 1. The molecule has 114 valence electrons. The van der Waals surface area contributed by atoms with E-state index >= 15 is 0 Å². The Hall–Kier alpha value is -1.91. The lowest BCUT2D eigenvalue weighted by atomic mass is 9.94. The smallest absolute Gasteiger partial charge is 0.325 e. The first-order valence-electron chi connectivity index (χ1n) is 7.60. The maximum Gasteiger partial charge on any atom is 0.325 e. The van der Waals surface area contributed by atoms with Crippen molar-refractivity contribution in [1.29, 1.82) is 0 Å². The van der Waals surface area contributed by atoms with E-state index in [1.165, 1.54) is 6.42 Å². The molecule has 0 radical (unpaired) electrons. The van der Waals surface area contributed by atoms with Gasteiger partial charge in [0.1, 0.15) is 12.2 Å². The maximum atomic E-state index is 12.6. The van der Waals surface area contributed by atoms with E-state index in [-0.39, 0.29) is 24.5 Å². The Morgan fingerprint density at radius 3 is 2.67 bits per heavy atom. The minimum atomic E-state index is -0.354. The van der Waals surface area contributed by atoms with Gasteiger partial charge in [0, 0.05) is 12.2 Å². The Labute approximate surface area is 125 Å². The van der Waals surface area contributed by atoms with Gasteiger partial charge in [0.15, 0.2) is 0 Å². The molecule has 1 aliphatic carbocycles. The number of rotatable bonds is 5. The largest absolute Gasteiger partial charge is 0.465 e. The molecule has 1 saturated carbocycles. The molecule has 5 nitrogen and oxygen atoms in total. The van der Waals surface area contributed by atoms with Gasteiger partial charge in [0.2, 0.25) is 0 Å². The van der Waals surface area contributed by atoms with E-state index in [1.54, 1.807) is 36.2 Å². The molecule has 0 N–H and O–H groups in total. The van der Waals surface area contributed by atoms with E-state index in [4.69, 9.17) is 4.74 Å². The van der Waals surface area contributed by atoms with Crippen molar-refractivity contribution in [2.24, 2.45) is 0 Å². The first kappa shape index (κ1) is 15.5. The van der Waals surface area contributed by atoms with E-state index in [0.29, 0.717) is 12.3 Å². The summed E-state index contributed by atoms with van der Waals surface area (Å²) in [5, 5.41) is 0. The van der Waals surface area contributed by atoms with Crippen LogP contribution in [-0.2, 0) is 9.53 Å². The van der Waals surface area contributed by atoms with Crippen LogP contribution in [0.2, 0.25) is 0 Å².